The molecule has 28 heavy (non-hydrogen) atoms. The summed E-state index contributed by atoms with van der Waals surface area (Å²) in [7, 11) is 0. The van der Waals surface area contributed by atoms with E-state index in [9.17, 15) is 13.2 Å². The van der Waals surface area contributed by atoms with Gasteiger partial charge in [-0.1, -0.05) is 42.5 Å². The SMILES string of the molecule is CC(=N/C(=C(/C)S)c1ccccc1)c1ccc(-c2ccc(C(F)(F)F)cc2)s1. The first-order valence-corrected chi connectivity index (χ1v) is 9.80. The standard InChI is InChI=1S/C22H18F3NS2/c1-14(26-21(15(2)27)17-6-4-3-5-7-17)19-12-13-20(28-19)16-8-10-18(11-9-16)22(23,24)25/h3-13,27H,1-2H3/b21-15-,26-14?. The number of aliphatic imine (C=N–C) groups is 1. The normalized spacial score (nSPS) is 13.4. The number of allylic oxidation sites excluding steroid dienone is 1. The van der Waals surface area contributed by atoms with E-state index < -0.39 is 11.7 Å². The minimum atomic E-state index is -4.33. The van der Waals surface area contributed by atoms with Crippen LogP contribution in [0.2, 0.25) is 0 Å². The van der Waals surface area contributed by atoms with E-state index in [2.05, 4.69) is 12.6 Å². The first-order chi connectivity index (χ1) is 13.3. The molecule has 0 saturated carbocycles. The van der Waals surface area contributed by atoms with Crippen molar-refractivity contribution in [3.63, 3.8) is 0 Å². The Morgan fingerprint density at radius 1 is 0.893 bits per heavy atom. The van der Waals surface area contributed by atoms with Crippen molar-refractivity contribution in [2.24, 2.45) is 4.99 Å². The van der Waals surface area contributed by atoms with Gasteiger partial charge in [-0.15, -0.1) is 24.0 Å². The van der Waals surface area contributed by atoms with Crippen molar-refractivity contribution in [2.75, 3.05) is 0 Å². The van der Waals surface area contributed by atoms with E-state index in [4.69, 9.17) is 4.99 Å². The van der Waals surface area contributed by atoms with Crippen molar-refractivity contribution in [1.82, 2.24) is 0 Å². The van der Waals surface area contributed by atoms with Crippen molar-refractivity contribution < 1.29 is 13.2 Å². The van der Waals surface area contributed by atoms with Gasteiger partial charge in [-0.3, -0.25) is 4.99 Å². The molecule has 0 aliphatic rings. The Labute approximate surface area is 171 Å². The Balaban J connectivity index is 1.89. The highest BCUT2D eigenvalue weighted by molar-refractivity contribution is 7.84. The van der Waals surface area contributed by atoms with Gasteiger partial charge in [-0.25, -0.2) is 0 Å². The fourth-order valence-corrected chi connectivity index (χ4v) is 3.82. The van der Waals surface area contributed by atoms with Gasteiger partial charge in [-0.05, 0) is 43.7 Å². The average molecular weight is 418 g/mol. The third-order valence-corrected chi connectivity index (χ3v) is 5.58. The number of rotatable bonds is 4. The maximum atomic E-state index is 12.7. The van der Waals surface area contributed by atoms with Crippen LogP contribution < -0.4 is 0 Å². The van der Waals surface area contributed by atoms with Crippen molar-refractivity contribution in [3.8, 4) is 10.4 Å². The molecular weight excluding hydrogens is 399 g/mol. The zero-order valence-corrected chi connectivity index (χ0v) is 17.0. The van der Waals surface area contributed by atoms with Crippen molar-refractivity contribution in [1.29, 1.82) is 0 Å². The molecule has 0 aliphatic carbocycles. The van der Waals surface area contributed by atoms with Crippen molar-refractivity contribution in [2.45, 2.75) is 20.0 Å². The van der Waals surface area contributed by atoms with Gasteiger partial charge in [0, 0.05) is 20.2 Å². The molecule has 0 unspecified atom stereocenters. The molecule has 1 heterocycles. The van der Waals surface area contributed by atoms with Crippen LogP contribution in [0.25, 0.3) is 16.1 Å². The monoisotopic (exact) mass is 417 g/mol. The number of benzene rings is 2. The summed E-state index contributed by atoms with van der Waals surface area (Å²) in [5.74, 6) is 0. The predicted octanol–water partition coefficient (Wildman–Crippen LogP) is 7.56. The van der Waals surface area contributed by atoms with Crippen LogP contribution in [-0.4, -0.2) is 5.71 Å². The van der Waals surface area contributed by atoms with E-state index in [1.165, 1.54) is 23.5 Å². The summed E-state index contributed by atoms with van der Waals surface area (Å²) in [5, 5.41) is 0. The fourth-order valence-electron chi connectivity index (χ4n) is 2.68. The number of thiol groups is 1. The zero-order valence-electron chi connectivity index (χ0n) is 15.3. The highest BCUT2D eigenvalue weighted by Crippen LogP contribution is 2.34. The summed E-state index contributed by atoms with van der Waals surface area (Å²) in [6.45, 7) is 3.81. The summed E-state index contributed by atoms with van der Waals surface area (Å²) >= 11 is 5.97. The molecule has 0 bridgehead atoms. The van der Waals surface area contributed by atoms with Crippen LogP contribution in [0.3, 0.4) is 0 Å². The Bertz CT molecular complexity index is 1010. The molecule has 1 aromatic heterocycles. The first-order valence-electron chi connectivity index (χ1n) is 8.54. The Kier molecular flexibility index (Phi) is 6.10. The van der Waals surface area contributed by atoms with E-state index in [0.29, 0.717) is 0 Å². The maximum absolute atomic E-state index is 12.7. The largest absolute Gasteiger partial charge is 0.416 e. The second kappa shape index (κ2) is 8.37. The van der Waals surface area contributed by atoms with Gasteiger partial charge in [0.15, 0.2) is 0 Å². The van der Waals surface area contributed by atoms with Crippen LogP contribution in [0.4, 0.5) is 13.2 Å². The molecule has 0 radical (unpaired) electrons. The van der Waals surface area contributed by atoms with Gasteiger partial charge < -0.3 is 0 Å². The second-order valence-electron chi connectivity index (χ2n) is 6.24. The zero-order chi connectivity index (χ0) is 20.3. The Morgan fingerprint density at radius 3 is 2.11 bits per heavy atom. The van der Waals surface area contributed by atoms with Crippen LogP contribution >= 0.6 is 24.0 Å². The third-order valence-electron chi connectivity index (χ3n) is 4.13. The van der Waals surface area contributed by atoms with Gasteiger partial charge in [0.1, 0.15) is 0 Å². The molecule has 6 heteroatoms. The molecule has 0 saturated heterocycles. The van der Waals surface area contributed by atoms with Gasteiger partial charge in [-0.2, -0.15) is 13.2 Å². The number of thiophene rings is 1. The third kappa shape index (κ3) is 4.75. The minimum Gasteiger partial charge on any atom is -0.251 e. The van der Waals surface area contributed by atoms with Crippen molar-refractivity contribution in [3.05, 3.63) is 87.6 Å². The smallest absolute Gasteiger partial charge is 0.251 e. The van der Waals surface area contributed by atoms with Crippen LogP contribution in [0.5, 0.6) is 0 Å². The number of halogens is 3. The molecule has 0 aliphatic heterocycles. The molecule has 0 amide bonds. The van der Waals surface area contributed by atoms with Gasteiger partial charge in [0.2, 0.25) is 0 Å². The predicted molar refractivity (Wildman–Crippen MR) is 115 cm³/mol. The van der Waals surface area contributed by atoms with E-state index in [1.807, 2.05) is 56.3 Å². The topological polar surface area (TPSA) is 12.4 Å². The molecule has 0 spiro atoms. The van der Waals surface area contributed by atoms with Gasteiger partial charge in [0.05, 0.1) is 17.0 Å². The molecule has 144 valence electrons. The van der Waals surface area contributed by atoms with Crippen LogP contribution in [0.1, 0.15) is 29.9 Å². The Hall–Kier alpha value is -2.31. The molecule has 0 fully saturated rings. The summed E-state index contributed by atoms with van der Waals surface area (Å²) in [6, 6.07) is 18.9. The van der Waals surface area contributed by atoms with Crippen LogP contribution in [0.15, 0.2) is 76.6 Å². The lowest BCUT2D eigenvalue weighted by molar-refractivity contribution is -0.137. The fraction of sp³-hybridized carbons (Fsp3) is 0.136. The molecule has 0 atom stereocenters. The van der Waals surface area contributed by atoms with Gasteiger partial charge >= 0.3 is 6.18 Å². The average Bonchev–Trinajstić information content (AvgIpc) is 3.16. The molecule has 3 rings (SSSR count). The highest BCUT2D eigenvalue weighted by atomic mass is 32.1. The van der Waals surface area contributed by atoms with E-state index in [-0.39, 0.29) is 0 Å². The van der Waals surface area contributed by atoms with Crippen LogP contribution in [0, 0.1) is 0 Å². The number of alkyl halides is 3. The number of hydrogen-bond donors (Lipinski definition) is 1. The molecule has 0 N–H and O–H groups in total. The number of hydrogen-bond acceptors (Lipinski definition) is 3. The second-order valence-corrected chi connectivity index (χ2v) is 7.99. The highest BCUT2D eigenvalue weighted by Gasteiger charge is 2.30. The van der Waals surface area contributed by atoms with E-state index in [1.54, 1.807) is 0 Å². The summed E-state index contributed by atoms with van der Waals surface area (Å²) in [4.78, 5) is 7.41. The first kappa shape index (κ1) is 20.4. The summed E-state index contributed by atoms with van der Waals surface area (Å²) < 4.78 is 38.2. The molecule has 1 nitrogen and oxygen atoms in total. The lowest BCUT2D eigenvalue weighted by Gasteiger charge is -2.07. The summed E-state index contributed by atoms with van der Waals surface area (Å²) in [5.41, 5.74) is 2.71. The quantitative estimate of drug-likeness (QED) is 0.332. The molecule has 3 aromatic rings. The lowest BCUT2D eigenvalue weighted by Crippen LogP contribution is -2.03. The van der Waals surface area contributed by atoms with Gasteiger partial charge in [0.25, 0.3) is 0 Å². The molecule has 2 aromatic carbocycles. The summed E-state index contributed by atoms with van der Waals surface area (Å²) in [6.07, 6.45) is -4.33. The molecular formula is C22H18F3NS2. The van der Waals surface area contributed by atoms with Crippen LogP contribution in [-0.2, 0) is 6.18 Å². The minimum absolute atomic E-state index is 0.646. The lowest BCUT2D eigenvalue weighted by atomic mass is 10.1. The van der Waals surface area contributed by atoms with Crippen molar-refractivity contribution >= 4 is 35.4 Å². The van der Waals surface area contributed by atoms with E-state index in [0.717, 1.165) is 49.3 Å². The Morgan fingerprint density at radius 2 is 1.54 bits per heavy atom. The number of nitrogens with zero attached hydrogens (tertiary/aromatic N) is 1. The maximum Gasteiger partial charge on any atom is 0.416 e. The van der Waals surface area contributed by atoms with E-state index >= 15 is 0 Å².